The summed E-state index contributed by atoms with van der Waals surface area (Å²) in [6, 6.07) is 16.2. The average Bonchev–Trinajstić information content (AvgIpc) is 3.22. The molecule has 0 aliphatic heterocycles. The van der Waals surface area contributed by atoms with Crippen LogP contribution in [0.5, 0.6) is 0 Å². The number of para-hydroxylation sites is 2. The van der Waals surface area contributed by atoms with Crippen molar-refractivity contribution >= 4 is 34.5 Å². The third-order valence-corrected chi connectivity index (χ3v) is 6.56. The molecule has 32 heavy (non-hydrogen) atoms. The zero-order chi connectivity index (χ0) is 22.8. The van der Waals surface area contributed by atoms with Gasteiger partial charge in [0.15, 0.2) is 5.16 Å². The fourth-order valence-electron chi connectivity index (χ4n) is 3.65. The van der Waals surface area contributed by atoms with E-state index < -0.39 is 0 Å². The average molecular weight is 448 g/mol. The Hall–Kier alpha value is -3.57. The summed E-state index contributed by atoms with van der Waals surface area (Å²) in [5, 5.41) is 13.4. The molecule has 1 N–H and O–H groups in total. The van der Waals surface area contributed by atoms with Crippen molar-refractivity contribution in [2.45, 2.75) is 25.5 Å². The molecular weight excluding hydrogens is 425 g/mol. The lowest BCUT2D eigenvalue weighted by Gasteiger charge is -2.13. The highest BCUT2D eigenvalue weighted by Gasteiger charge is 2.20. The number of benzene rings is 2. The van der Waals surface area contributed by atoms with Crippen LogP contribution in [-0.2, 0) is 18.4 Å². The summed E-state index contributed by atoms with van der Waals surface area (Å²) in [6.45, 7) is 4.19. The number of carbonyl (C=O) groups excluding carboxylic acids is 1. The molecule has 0 fully saturated rings. The van der Waals surface area contributed by atoms with Crippen molar-refractivity contribution in [2.75, 3.05) is 11.1 Å². The molecule has 0 aliphatic rings. The highest BCUT2D eigenvalue weighted by molar-refractivity contribution is 7.99. The molecule has 0 saturated heterocycles. The fraction of sp³-hybridized carbons (Fsp3) is 0.208. The number of anilines is 1. The number of imidazole rings is 1. The van der Waals surface area contributed by atoms with Crippen LogP contribution in [0.2, 0.25) is 0 Å². The fourth-order valence-corrected chi connectivity index (χ4v) is 4.44. The van der Waals surface area contributed by atoms with Crippen LogP contribution in [0.25, 0.3) is 11.0 Å². The topological polar surface area (TPSA) is 75.6 Å². The molecule has 2 heterocycles. The Morgan fingerprint density at radius 1 is 1.19 bits per heavy atom. The molecule has 6 nitrogen and oxygen atoms in total. The summed E-state index contributed by atoms with van der Waals surface area (Å²) in [7, 11) is 1.92. The first-order valence-corrected chi connectivity index (χ1v) is 11.1. The van der Waals surface area contributed by atoms with Gasteiger partial charge in [-0.15, -0.1) is 0 Å². The molecular formula is C24H22FN5OS. The summed E-state index contributed by atoms with van der Waals surface area (Å²) in [5.41, 5.74) is 4.88. The van der Waals surface area contributed by atoms with Crippen LogP contribution in [0.3, 0.4) is 0 Å². The first-order chi connectivity index (χ1) is 15.4. The number of nitrogens with one attached hydrogen (secondary N) is 1. The minimum atomic E-state index is -0.306. The van der Waals surface area contributed by atoms with Gasteiger partial charge in [-0.2, -0.15) is 5.26 Å². The molecule has 0 saturated carbocycles. The number of hydrogen-bond acceptors (Lipinski definition) is 4. The van der Waals surface area contributed by atoms with E-state index in [-0.39, 0.29) is 17.5 Å². The van der Waals surface area contributed by atoms with Gasteiger partial charge in [-0.1, -0.05) is 36.0 Å². The first-order valence-electron chi connectivity index (χ1n) is 10.1. The van der Waals surface area contributed by atoms with Crippen molar-refractivity contribution in [3.05, 3.63) is 76.7 Å². The number of thioether (sulfide) groups is 1. The standard InChI is InChI=1S/C24H22FN5OS/c1-15-16(2)30(13-17-8-10-18(25)11-9-17)23(19(15)12-26)28-22(31)14-32-24-27-20-6-4-5-7-21(20)29(24)3/h4-11H,13-14H2,1-3H3,(H,28,31). The van der Waals surface area contributed by atoms with E-state index in [1.54, 1.807) is 12.1 Å². The van der Waals surface area contributed by atoms with Crippen molar-refractivity contribution in [1.82, 2.24) is 14.1 Å². The SMILES string of the molecule is Cc1c(C#N)c(NC(=O)CSc2nc3ccccc3n2C)n(Cc2ccc(F)cc2)c1C. The zero-order valence-electron chi connectivity index (χ0n) is 18.0. The Morgan fingerprint density at radius 2 is 1.91 bits per heavy atom. The minimum Gasteiger partial charge on any atom is -0.326 e. The van der Waals surface area contributed by atoms with E-state index in [0.717, 1.165) is 33.0 Å². The number of aryl methyl sites for hydroxylation is 1. The lowest BCUT2D eigenvalue weighted by Crippen LogP contribution is -2.19. The van der Waals surface area contributed by atoms with Gasteiger partial charge in [-0.05, 0) is 49.2 Å². The monoisotopic (exact) mass is 447 g/mol. The third kappa shape index (κ3) is 4.12. The van der Waals surface area contributed by atoms with Gasteiger partial charge in [-0.3, -0.25) is 4.79 Å². The van der Waals surface area contributed by atoms with Crippen molar-refractivity contribution in [3.8, 4) is 6.07 Å². The Morgan fingerprint density at radius 3 is 2.59 bits per heavy atom. The predicted octanol–water partition coefficient (Wildman–Crippen LogP) is 4.78. The predicted molar refractivity (Wildman–Crippen MR) is 124 cm³/mol. The number of amides is 1. The van der Waals surface area contributed by atoms with Gasteiger partial charge in [0, 0.05) is 19.3 Å². The summed E-state index contributed by atoms with van der Waals surface area (Å²) < 4.78 is 17.1. The van der Waals surface area contributed by atoms with E-state index in [4.69, 9.17) is 0 Å². The van der Waals surface area contributed by atoms with Crippen LogP contribution in [0, 0.1) is 31.0 Å². The number of nitrogens with zero attached hydrogens (tertiary/aromatic N) is 4. The number of carbonyl (C=O) groups is 1. The van der Waals surface area contributed by atoms with E-state index in [1.807, 2.05) is 54.3 Å². The number of fused-ring (bicyclic) bond motifs is 1. The lowest BCUT2D eigenvalue weighted by molar-refractivity contribution is -0.113. The van der Waals surface area contributed by atoms with Crippen molar-refractivity contribution in [2.24, 2.45) is 7.05 Å². The molecule has 0 atom stereocenters. The van der Waals surface area contributed by atoms with Gasteiger partial charge in [0.1, 0.15) is 17.7 Å². The van der Waals surface area contributed by atoms with Gasteiger partial charge in [0.25, 0.3) is 0 Å². The van der Waals surface area contributed by atoms with Crippen LogP contribution in [0.15, 0.2) is 53.7 Å². The summed E-state index contributed by atoms with van der Waals surface area (Å²) in [6.07, 6.45) is 0. The number of nitriles is 1. The van der Waals surface area contributed by atoms with Gasteiger partial charge in [0.2, 0.25) is 5.91 Å². The second-order valence-electron chi connectivity index (χ2n) is 7.54. The Labute approximate surface area is 189 Å². The largest absolute Gasteiger partial charge is 0.326 e. The lowest BCUT2D eigenvalue weighted by atomic mass is 10.2. The first kappa shape index (κ1) is 21.7. The quantitative estimate of drug-likeness (QED) is 0.432. The van der Waals surface area contributed by atoms with Crippen LogP contribution < -0.4 is 5.32 Å². The van der Waals surface area contributed by atoms with Crippen molar-refractivity contribution < 1.29 is 9.18 Å². The van der Waals surface area contributed by atoms with Crippen LogP contribution >= 0.6 is 11.8 Å². The van der Waals surface area contributed by atoms with E-state index >= 15 is 0 Å². The molecule has 1 amide bonds. The molecule has 4 aromatic rings. The molecule has 0 radical (unpaired) electrons. The highest BCUT2D eigenvalue weighted by Crippen LogP contribution is 2.28. The third-order valence-electron chi connectivity index (χ3n) is 5.53. The van der Waals surface area contributed by atoms with Crippen LogP contribution in [0.4, 0.5) is 10.2 Å². The van der Waals surface area contributed by atoms with E-state index in [0.29, 0.717) is 17.9 Å². The van der Waals surface area contributed by atoms with Gasteiger partial charge < -0.3 is 14.5 Å². The van der Waals surface area contributed by atoms with Crippen molar-refractivity contribution in [3.63, 3.8) is 0 Å². The maximum Gasteiger partial charge on any atom is 0.235 e. The second-order valence-corrected chi connectivity index (χ2v) is 8.48. The molecule has 0 unspecified atom stereocenters. The number of hydrogen-bond donors (Lipinski definition) is 1. The van der Waals surface area contributed by atoms with Crippen molar-refractivity contribution in [1.29, 1.82) is 5.26 Å². The summed E-state index contributed by atoms with van der Waals surface area (Å²) >= 11 is 1.34. The van der Waals surface area contributed by atoms with Gasteiger partial charge in [-0.25, -0.2) is 9.37 Å². The minimum absolute atomic E-state index is 0.155. The van der Waals surface area contributed by atoms with E-state index in [1.165, 1.54) is 23.9 Å². The summed E-state index contributed by atoms with van der Waals surface area (Å²) in [4.78, 5) is 17.4. The zero-order valence-corrected chi connectivity index (χ0v) is 18.8. The molecule has 0 aliphatic carbocycles. The molecule has 2 aromatic carbocycles. The smallest absolute Gasteiger partial charge is 0.235 e. The highest BCUT2D eigenvalue weighted by atomic mass is 32.2. The molecule has 8 heteroatoms. The van der Waals surface area contributed by atoms with Crippen LogP contribution in [0.1, 0.15) is 22.4 Å². The molecule has 0 spiro atoms. The maximum absolute atomic E-state index is 13.3. The van der Waals surface area contributed by atoms with Gasteiger partial charge >= 0.3 is 0 Å². The molecule has 2 aromatic heterocycles. The Bertz CT molecular complexity index is 1350. The normalized spacial score (nSPS) is 11.0. The number of halogens is 1. The summed E-state index contributed by atoms with van der Waals surface area (Å²) in [5.74, 6) is 0.0835. The Kier molecular flexibility index (Phi) is 6.01. The number of rotatable bonds is 6. The van der Waals surface area contributed by atoms with E-state index in [9.17, 15) is 14.4 Å². The Balaban J connectivity index is 1.55. The maximum atomic E-state index is 13.3. The molecule has 0 bridgehead atoms. The van der Waals surface area contributed by atoms with E-state index in [2.05, 4.69) is 16.4 Å². The number of aromatic nitrogens is 3. The van der Waals surface area contributed by atoms with Crippen LogP contribution in [-0.4, -0.2) is 25.8 Å². The molecule has 4 rings (SSSR count). The van der Waals surface area contributed by atoms with Gasteiger partial charge in [0.05, 0.1) is 22.3 Å². The second kappa shape index (κ2) is 8.89. The molecule has 162 valence electrons.